The van der Waals surface area contributed by atoms with Gasteiger partial charge in [0.05, 0.1) is 6.61 Å². The fraction of sp³-hybridized carbons (Fsp3) is 0.562. The molecule has 3 heteroatoms. The SMILES string of the molecule is CCCCCCC(=O)NOCCCc1ccccc1. The second-order valence-electron chi connectivity index (χ2n) is 4.77. The first-order valence-electron chi connectivity index (χ1n) is 7.27. The minimum absolute atomic E-state index is 0.00388. The van der Waals surface area contributed by atoms with Crippen LogP contribution in [0.25, 0.3) is 0 Å². The maximum absolute atomic E-state index is 11.4. The highest BCUT2D eigenvalue weighted by atomic mass is 16.6. The third kappa shape index (κ3) is 8.38. The topological polar surface area (TPSA) is 38.3 Å². The average Bonchev–Trinajstić information content (AvgIpc) is 2.44. The summed E-state index contributed by atoms with van der Waals surface area (Å²) in [6, 6.07) is 10.3. The lowest BCUT2D eigenvalue weighted by molar-refractivity contribution is -0.133. The molecule has 1 rings (SSSR count). The van der Waals surface area contributed by atoms with Crippen molar-refractivity contribution < 1.29 is 9.63 Å². The number of rotatable bonds is 10. The second-order valence-corrected chi connectivity index (χ2v) is 4.77. The van der Waals surface area contributed by atoms with Gasteiger partial charge in [-0.15, -0.1) is 0 Å². The van der Waals surface area contributed by atoms with Crippen molar-refractivity contribution in [3.05, 3.63) is 35.9 Å². The number of hydrogen-bond donors (Lipinski definition) is 1. The summed E-state index contributed by atoms with van der Waals surface area (Å²) in [6.07, 6.45) is 6.93. The van der Waals surface area contributed by atoms with Crippen LogP contribution in [0.5, 0.6) is 0 Å². The molecule has 1 aromatic carbocycles. The predicted octanol–water partition coefficient (Wildman–Crippen LogP) is 3.64. The lowest BCUT2D eigenvalue weighted by Gasteiger charge is -2.06. The molecular formula is C16H25NO2. The summed E-state index contributed by atoms with van der Waals surface area (Å²) in [4.78, 5) is 16.6. The van der Waals surface area contributed by atoms with Gasteiger partial charge >= 0.3 is 0 Å². The molecule has 3 nitrogen and oxygen atoms in total. The summed E-state index contributed by atoms with van der Waals surface area (Å²) in [7, 11) is 0. The van der Waals surface area contributed by atoms with Crippen molar-refractivity contribution in [1.82, 2.24) is 5.48 Å². The van der Waals surface area contributed by atoms with Crippen molar-refractivity contribution in [2.75, 3.05) is 6.61 Å². The molecule has 0 bridgehead atoms. The standard InChI is InChI=1S/C16H25NO2/c1-2-3-4-8-13-16(18)17-19-14-9-12-15-10-6-5-7-11-15/h5-7,10-11H,2-4,8-9,12-14H2,1H3,(H,17,18). The average molecular weight is 263 g/mol. The first kappa shape index (κ1) is 15.7. The molecule has 0 unspecified atom stereocenters. The van der Waals surface area contributed by atoms with Gasteiger partial charge in [0.15, 0.2) is 0 Å². The summed E-state index contributed by atoms with van der Waals surface area (Å²) >= 11 is 0. The highest BCUT2D eigenvalue weighted by Crippen LogP contribution is 2.03. The van der Waals surface area contributed by atoms with Crippen LogP contribution >= 0.6 is 0 Å². The normalized spacial score (nSPS) is 10.4. The van der Waals surface area contributed by atoms with Crippen LogP contribution in [0.4, 0.5) is 0 Å². The third-order valence-electron chi connectivity index (χ3n) is 3.00. The quantitative estimate of drug-likeness (QED) is 0.517. The van der Waals surface area contributed by atoms with Crippen LogP contribution in [-0.2, 0) is 16.1 Å². The van der Waals surface area contributed by atoms with Crippen LogP contribution in [0.2, 0.25) is 0 Å². The van der Waals surface area contributed by atoms with E-state index in [1.54, 1.807) is 0 Å². The summed E-state index contributed by atoms with van der Waals surface area (Å²) in [5.41, 5.74) is 3.81. The summed E-state index contributed by atoms with van der Waals surface area (Å²) in [5.74, 6) is -0.00388. The maximum Gasteiger partial charge on any atom is 0.243 e. The van der Waals surface area contributed by atoms with Gasteiger partial charge in [0.2, 0.25) is 5.91 Å². The molecule has 0 aromatic heterocycles. The first-order valence-corrected chi connectivity index (χ1v) is 7.27. The van der Waals surface area contributed by atoms with E-state index in [4.69, 9.17) is 4.84 Å². The summed E-state index contributed by atoms with van der Waals surface area (Å²) in [5, 5.41) is 0. The van der Waals surface area contributed by atoms with Gasteiger partial charge in [-0.05, 0) is 24.8 Å². The lowest BCUT2D eigenvalue weighted by Crippen LogP contribution is -2.23. The number of unbranched alkanes of at least 4 members (excludes halogenated alkanes) is 3. The van der Waals surface area contributed by atoms with Gasteiger partial charge in [0.25, 0.3) is 0 Å². The van der Waals surface area contributed by atoms with Crippen LogP contribution in [0, 0.1) is 0 Å². The van der Waals surface area contributed by atoms with Gasteiger partial charge in [0.1, 0.15) is 0 Å². The second kappa shape index (κ2) is 10.6. The van der Waals surface area contributed by atoms with E-state index in [-0.39, 0.29) is 5.91 Å². The van der Waals surface area contributed by atoms with Gasteiger partial charge in [-0.3, -0.25) is 9.63 Å². The molecule has 1 aromatic rings. The van der Waals surface area contributed by atoms with Gasteiger partial charge in [-0.2, -0.15) is 0 Å². The molecule has 106 valence electrons. The number of aryl methyl sites for hydroxylation is 1. The number of benzene rings is 1. The number of carbonyl (C=O) groups is 1. The fourth-order valence-corrected chi connectivity index (χ4v) is 1.89. The molecule has 1 amide bonds. The van der Waals surface area contributed by atoms with Gasteiger partial charge in [0, 0.05) is 6.42 Å². The van der Waals surface area contributed by atoms with Crippen LogP contribution in [0.3, 0.4) is 0 Å². The van der Waals surface area contributed by atoms with Crippen molar-refractivity contribution in [3.63, 3.8) is 0 Å². The Morgan fingerprint density at radius 1 is 1.11 bits per heavy atom. The fourth-order valence-electron chi connectivity index (χ4n) is 1.89. The van der Waals surface area contributed by atoms with E-state index >= 15 is 0 Å². The van der Waals surface area contributed by atoms with Crippen molar-refractivity contribution in [2.45, 2.75) is 51.9 Å². The molecule has 0 saturated carbocycles. The molecule has 0 saturated heterocycles. The van der Waals surface area contributed by atoms with E-state index in [9.17, 15) is 4.79 Å². The van der Waals surface area contributed by atoms with E-state index in [0.29, 0.717) is 13.0 Å². The third-order valence-corrected chi connectivity index (χ3v) is 3.00. The van der Waals surface area contributed by atoms with E-state index in [2.05, 4.69) is 24.5 Å². The van der Waals surface area contributed by atoms with Crippen LogP contribution in [0.1, 0.15) is 51.0 Å². The molecule has 0 aliphatic carbocycles. The molecule has 0 atom stereocenters. The number of hydroxylamine groups is 1. The smallest absolute Gasteiger partial charge is 0.243 e. The monoisotopic (exact) mass is 263 g/mol. The minimum atomic E-state index is -0.00388. The van der Waals surface area contributed by atoms with E-state index in [0.717, 1.165) is 25.7 Å². The molecule has 0 spiro atoms. The Bertz CT molecular complexity index is 338. The van der Waals surface area contributed by atoms with E-state index in [1.807, 2.05) is 18.2 Å². The predicted molar refractivity (Wildman–Crippen MR) is 77.6 cm³/mol. The molecule has 0 fully saturated rings. The Morgan fingerprint density at radius 2 is 1.89 bits per heavy atom. The van der Waals surface area contributed by atoms with Crippen molar-refractivity contribution in [1.29, 1.82) is 0 Å². The summed E-state index contributed by atoms with van der Waals surface area (Å²) in [6.45, 7) is 2.73. The molecule has 0 aliphatic heterocycles. The molecule has 0 heterocycles. The maximum atomic E-state index is 11.4. The number of nitrogens with one attached hydrogen (secondary N) is 1. The van der Waals surface area contributed by atoms with Gasteiger partial charge in [-0.25, -0.2) is 5.48 Å². The molecule has 19 heavy (non-hydrogen) atoms. The zero-order valence-electron chi connectivity index (χ0n) is 11.9. The Hall–Kier alpha value is -1.35. The Balaban J connectivity index is 1.94. The van der Waals surface area contributed by atoms with Crippen molar-refractivity contribution in [2.24, 2.45) is 0 Å². The van der Waals surface area contributed by atoms with Crippen LogP contribution in [-0.4, -0.2) is 12.5 Å². The van der Waals surface area contributed by atoms with Crippen molar-refractivity contribution >= 4 is 5.91 Å². The Morgan fingerprint density at radius 3 is 2.63 bits per heavy atom. The largest absolute Gasteiger partial charge is 0.274 e. The highest BCUT2D eigenvalue weighted by molar-refractivity contribution is 5.74. The molecule has 1 N–H and O–H groups in total. The van der Waals surface area contributed by atoms with Crippen LogP contribution in [0.15, 0.2) is 30.3 Å². The first-order chi connectivity index (χ1) is 9.33. The van der Waals surface area contributed by atoms with Gasteiger partial charge < -0.3 is 0 Å². The Kier molecular flexibility index (Phi) is 8.73. The highest BCUT2D eigenvalue weighted by Gasteiger charge is 2.00. The zero-order chi connectivity index (χ0) is 13.8. The lowest BCUT2D eigenvalue weighted by atomic mass is 10.1. The Labute approximate surface area is 116 Å². The molecular weight excluding hydrogens is 238 g/mol. The summed E-state index contributed by atoms with van der Waals surface area (Å²) < 4.78 is 0. The molecule has 0 radical (unpaired) electrons. The minimum Gasteiger partial charge on any atom is -0.274 e. The van der Waals surface area contributed by atoms with Crippen LogP contribution < -0.4 is 5.48 Å². The van der Waals surface area contributed by atoms with E-state index < -0.39 is 0 Å². The number of carbonyl (C=O) groups excluding carboxylic acids is 1. The van der Waals surface area contributed by atoms with Gasteiger partial charge in [-0.1, -0.05) is 56.5 Å². The molecule has 0 aliphatic rings. The van der Waals surface area contributed by atoms with Crippen molar-refractivity contribution in [3.8, 4) is 0 Å². The zero-order valence-corrected chi connectivity index (χ0v) is 11.9. The number of hydrogen-bond acceptors (Lipinski definition) is 2. The van der Waals surface area contributed by atoms with E-state index in [1.165, 1.54) is 18.4 Å². The number of amides is 1.